The number of nitrogens with zero attached hydrogens (tertiary/aromatic N) is 1. The SMILES string of the molecule is C[C@H](CCCC(C)(C)O)[C@H]1CC[C@H]2/C(=C\C(=O)N3C[C@@H](O)C(OCCCO)[C@H](O)C3)CCC[C@]12C. The summed E-state index contributed by atoms with van der Waals surface area (Å²) in [6.45, 7) is 9.10. The zero-order chi connectivity index (χ0) is 25.8. The average Bonchev–Trinajstić information content (AvgIpc) is 3.12. The second kappa shape index (κ2) is 12.0. The van der Waals surface area contributed by atoms with Crippen molar-refractivity contribution in [3.05, 3.63) is 11.6 Å². The molecule has 0 aromatic rings. The normalized spacial score (nSPS) is 34.3. The molecule has 0 aromatic heterocycles. The van der Waals surface area contributed by atoms with Crippen LogP contribution < -0.4 is 0 Å². The van der Waals surface area contributed by atoms with Gasteiger partial charge in [0.25, 0.3) is 0 Å². The predicted octanol–water partition coefficient (Wildman–Crippen LogP) is 3.04. The molecule has 7 nitrogen and oxygen atoms in total. The Hall–Kier alpha value is -0.990. The quantitative estimate of drug-likeness (QED) is 0.274. The van der Waals surface area contributed by atoms with Gasteiger partial charge in [-0.1, -0.05) is 32.3 Å². The topological polar surface area (TPSA) is 110 Å². The van der Waals surface area contributed by atoms with Crippen LogP contribution in [-0.2, 0) is 9.53 Å². The molecule has 0 unspecified atom stereocenters. The number of hydrogen-bond donors (Lipinski definition) is 4. The molecule has 1 saturated heterocycles. The van der Waals surface area contributed by atoms with Gasteiger partial charge in [-0.05, 0) is 82.0 Å². The van der Waals surface area contributed by atoms with Crippen molar-refractivity contribution in [1.29, 1.82) is 0 Å². The summed E-state index contributed by atoms with van der Waals surface area (Å²) >= 11 is 0. The lowest BCUT2D eigenvalue weighted by atomic mass is 9.60. The van der Waals surface area contributed by atoms with Gasteiger partial charge in [-0.3, -0.25) is 4.79 Å². The molecule has 1 heterocycles. The van der Waals surface area contributed by atoms with E-state index in [9.17, 15) is 20.1 Å². The first kappa shape index (κ1) is 28.6. The maximum absolute atomic E-state index is 13.2. The maximum Gasteiger partial charge on any atom is 0.246 e. The van der Waals surface area contributed by atoms with Crippen LogP contribution in [0.1, 0.15) is 85.5 Å². The summed E-state index contributed by atoms with van der Waals surface area (Å²) in [4.78, 5) is 14.7. The summed E-state index contributed by atoms with van der Waals surface area (Å²) in [7, 11) is 0. The maximum atomic E-state index is 13.2. The Balaban J connectivity index is 1.62. The molecule has 0 radical (unpaired) electrons. The Labute approximate surface area is 211 Å². The van der Waals surface area contributed by atoms with Gasteiger partial charge in [0.2, 0.25) is 5.91 Å². The first-order valence-electron chi connectivity index (χ1n) is 13.8. The Kier molecular flexibility index (Phi) is 9.83. The van der Waals surface area contributed by atoms with Crippen molar-refractivity contribution in [3.8, 4) is 0 Å². The molecule has 3 fully saturated rings. The standard InChI is InChI=1S/C28H49NO6/c1-19(8-5-12-27(2,3)34)21-10-11-22-20(9-6-13-28(21,22)4)16-25(33)29-17-23(31)26(24(32)18-29)35-15-7-14-30/h16,19,21-24,26,30-32,34H,5-15,17-18H2,1-4H3/b20-16-/t19-,21-,22+,23-,24-,28-/m1/s1. The number of carbonyl (C=O) groups is 1. The van der Waals surface area contributed by atoms with Crippen LogP contribution in [0.15, 0.2) is 11.6 Å². The molecule has 3 rings (SSSR count). The van der Waals surface area contributed by atoms with Gasteiger partial charge in [0.05, 0.1) is 5.60 Å². The van der Waals surface area contributed by atoms with Gasteiger partial charge in [-0.2, -0.15) is 0 Å². The van der Waals surface area contributed by atoms with Gasteiger partial charge >= 0.3 is 0 Å². The van der Waals surface area contributed by atoms with Crippen molar-refractivity contribution in [1.82, 2.24) is 4.90 Å². The lowest BCUT2D eigenvalue weighted by molar-refractivity contribution is -0.155. The van der Waals surface area contributed by atoms with Gasteiger partial charge in [0.15, 0.2) is 0 Å². The Morgan fingerprint density at radius 1 is 1.23 bits per heavy atom. The molecule has 1 amide bonds. The number of hydrogen-bond acceptors (Lipinski definition) is 6. The number of fused-ring (bicyclic) bond motifs is 1. The summed E-state index contributed by atoms with van der Waals surface area (Å²) in [6, 6.07) is 0. The highest BCUT2D eigenvalue weighted by molar-refractivity contribution is 5.88. The van der Waals surface area contributed by atoms with E-state index in [-0.39, 0.29) is 37.6 Å². The van der Waals surface area contributed by atoms with Crippen LogP contribution in [0, 0.1) is 23.2 Å². The lowest BCUT2D eigenvalue weighted by Gasteiger charge is -2.45. The van der Waals surface area contributed by atoms with E-state index in [1.807, 2.05) is 13.8 Å². The van der Waals surface area contributed by atoms with Gasteiger partial charge < -0.3 is 30.1 Å². The third kappa shape index (κ3) is 7.07. The number of rotatable bonds is 10. The highest BCUT2D eigenvalue weighted by Crippen LogP contribution is 2.59. The molecule has 202 valence electrons. The van der Waals surface area contributed by atoms with Crippen LogP contribution in [0.2, 0.25) is 0 Å². The second-order valence-electron chi connectivity index (χ2n) is 12.3. The van der Waals surface area contributed by atoms with Crippen molar-refractivity contribution < 1.29 is 30.0 Å². The summed E-state index contributed by atoms with van der Waals surface area (Å²) in [5, 5.41) is 40.0. The highest BCUT2D eigenvalue weighted by Gasteiger charge is 2.51. The summed E-state index contributed by atoms with van der Waals surface area (Å²) in [5.41, 5.74) is 0.829. The van der Waals surface area contributed by atoms with Crippen molar-refractivity contribution in [2.75, 3.05) is 26.3 Å². The first-order valence-corrected chi connectivity index (χ1v) is 13.8. The highest BCUT2D eigenvalue weighted by atomic mass is 16.5. The molecular formula is C28H49NO6. The van der Waals surface area contributed by atoms with E-state index in [4.69, 9.17) is 9.84 Å². The molecule has 0 spiro atoms. The monoisotopic (exact) mass is 495 g/mol. The minimum absolute atomic E-state index is 0.00233. The first-order chi connectivity index (χ1) is 16.5. The van der Waals surface area contributed by atoms with Gasteiger partial charge in [-0.15, -0.1) is 0 Å². The number of aliphatic hydroxyl groups is 4. The fourth-order valence-electron chi connectivity index (χ4n) is 7.17. The molecule has 3 aliphatic rings. The Morgan fingerprint density at radius 2 is 1.91 bits per heavy atom. The molecule has 7 heteroatoms. The van der Waals surface area contributed by atoms with Crippen LogP contribution in [0.25, 0.3) is 0 Å². The van der Waals surface area contributed by atoms with Gasteiger partial charge in [-0.25, -0.2) is 0 Å². The fraction of sp³-hybridized carbons (Fsp3) is 0.893. The predicted molar refractivity (Wildman–Crippen MR) is 136 cm³/mol. The third-order valence-corrected chi connectivity index (χ3v) is 8.98. The van der Waals surface area contributed by atoms with E-state index < -0.39 is 23.9 Å². The molecular weight excluding hydrogens is 446 g/mol. The molecule has 6 atom stereocenters. The van der Waals surface area contributed by atoms with E-state index in [0.717, 1.165) is 38.5 Å². The van der Waals surface area contributed by atoms with E-state index in [2.05, 4.69) is 13.8 Å². The summed E-state index contributed by atoms with van der Waals surface area (Å²) in [6.07, 6.45) is 8.13. The van der Waals surface area contributed by atoms with Crippen LogP contribution in [0.5, 0.6) is 0 Å². The smallest absolute Gasteiger partial charge is 0.246 e. The minimum Gasteiger partial charge on any atom is -0.396 e. The Morgan fingerprint density at radius 3 is 2.54 bits per heavy atom. The largest absolute Gasteiger partial charge is 0.396 e. The lowest BCUT2D eigenvalue weighted by Crippen LogP contribution is -2.57. The minimum atomic E-state index is -0.947. The van der Waals surface area contributed by atoms with Crippen molar-refractivity contribution in [2.24, 2.45) is 23.2 Å². The van der Waals surface area contributed by atoms with Crippen molar-refractivity contribution >= 4 is 5.91 Å². The average molecular weight is 496 g/mol. The molecule has 35 heavy (non-hydrogen) atoms. The number of allylic oxidation sites excluding steroid dienone is 1. The van der Waals surface area contributed by atoms with Crippen LogP contribution in [-0.4, -0.2) is 81.4 Å². The van der Waals surface area contributed by atoms with E-state index in [1.165, 1.54) is 18.4 Å². The third-order valence-electron chi connectivity index (χ3n) is 8.98. The molecule has 2 aliphatic carbocycles. The number of β-amino-alcohol motifs (C(OH)–C–C–N with tert-alkyl or cyclic N) is 2. The summed E-state index contributed by atoms with van der Waals surface area (Å²) < 4.78 is 5.55. The second-order valence-corrected chi connectivity index (χ2v) is 12.3. The number of piperidine rings is 1. The van der Waals surface area contributed by atoms with Gasteiger partial charge in [0, 0.05) is 32.4 Å². The van der Waals surface area contributed by atoms with E-state index in [1.54, 1.807) is 11.0 Å². The van der Waals surface area contributed by atoms with Crippen LogP contribution in [0.3, 0.4) is 0 Å². The number of likely N-dealkylation sites (tertiary alicyclic amines) is 1. The molecule has 2 saturated carbocycles. The zero-order valence-corrected chi connectivity index (χ0v) is 22.3. The fourth-order valence-corrected chi connectivity index (χ4v) is 7.17. The molecule has 4 N–H and O–H groups in total. The van der Waals surface area contributed by atoms with Crippen LogP contribution >= 0.6 is 0 Å². The number of ether oxygens (including phenoxy) is 1. The Bertz CT molecular complexity index is 721. The molecule has 0 bridgehead atoms. The number of amides is 1. The van der Waals surface area contributed by atoms with E-state index in [0.29, 0.717) is 24.2 Å². The van der Waals surface area contributed by atoms with Crippen LogP contribution in [0.4, 0.5) is 0 Å². The number of aliphatic hydroxyl groups excluding tert-OH is 3. The number of carbonyl (C=O) groups excluding carboxylic acids is 1. The van der Waals surface area contributed by atoms with Gasteiger partial charge in [0.1, 0.15) is 18.3 Å². The molecule has 0 aromatic carbocycles. The molecule has 1 aliphatic heterocycles. The van der Waals surface area contributed by atoms with E-state index >= 15 is 0 Å². The zero-order valence-electron chi connectivity index (χ0n) is 22.3. The summed E-state index contributed by atoms with van der Waals surface area (Å²) in [5.74, 6) is 1.51. The van der Waals surface area contributed by atoms with Crippen molar-refractivity contribution in [2.45, 2.75) is 109 Å². The van der Waals surface area contributed by atoms with Crippen molar-refractivity contribution in [3.63, 3.8) is 0 Å².